The van der Waals surface area contributed by atoms with Crippen LogP contribution in [-0.2, 0) is 9.84 Å². The van der Waals surface area contributed by atoms with Gasteiger partial charge in [0.15, 0.2) is 9.84 Å². The lowest BCUT2D eigenvalue weighted by Crippen LogP contribution is -2.34. The number of rotatable bonds is 4. The van der Waals surface area contributed by atoms with Crippen molar-refractivity contribution in [2.45, 2.75) is 36.0 Å². The summed E-state index contributed by atoms with van der Waals surface area (Å²) < 4.78 is 30.3. The van der Waals surface area contributed by atoms with Gasteiger partial charge in [0, 0.05) is 6.04 Å². The van der Waals surface area contributed by atoms with Crippen molar-refractivity contribution in [2.24, 2.45) is 5.92 Å². The summed E-state index contributed by atoms with van der Waals surface area (Å²) >= 11 is 0. The molecule has 0 spiro atoms. The largest absolute Gasteiger partial charge is 0.497 e. The fourth-order valence-corrected chi connectivity index (χ4v) is 4.98. The van der Waals surface area contributed by atoms with Gasteiger partial charge in [-0.05, 0) is 50.1 Å². The molecule has 1 aromatic carbocycles. The first-order valence-electron chi connectivity index (χ1n) is 6.56. The molecular weight excluding hydrogens is 262 g/mol. The molecule has 0 saturated heterocycles. The summed E-state index contributed by atoms with van der Waals surface area (Å²) in [4.78, 5) is 0.391. The summed E-state index contributed by atoms with van der Waals surface area (Å²) in [6.07, 6.45) is 1.64. The first-order valence-corrected chi connectivity index (χ1v) is 8.10. The highest BCUT2D eigenvalue weighted by Crippen LogP contribution is 2.34. The van der Waals surface area contributed by atoms with Crippen LogP contribution in [0.5, 0.6) is 5.75 Å². The molecule has 1 aliphatic rings. The summed E-state index contributed by atoms with van der Waals surface area (Å²) in [5.41, 5.74) is 0. The molecule has 1 aliphatic carbocycles. The second-order valence-electron chi connectivity index (χ2n) is 5.09. The van der Waals surface area contributed by atoms with Gasteiger partial charge in [-0.15, -0.1) is 0 Å². The van der Waals surface area contributed by atoms with Crippen molar-refractivity contribution in [3.63, 3.8) is 0 Å². The van der Waals surface area contributed by atoms with Crippen LogP contribution in [0.2, 0.25) is 0 Å². The summed E-state index contributed by atoms with van der Waals surface area (Å²) in [5.74, 6) is 0.809. The van der Waals surface area contributed by atoms with Crippen LogP contribution in [0.3, 0.4) is 0 Å². The van der Waals surface area contributed by atoms with Crippen LogP contribution < -0.4 is 10.1 Å². The third-order valence-electron chi connectivity index (χ3n) is 4.14. The number of hydrogen-bond donors (Lipinski definition) is 1. The second-order valence-corrected chi connectivity index (χ2v) is 7.26. The molecule has 1 N–H and O–H groups in total. The normalized spacial score (nSPS) is 27.4. The third-order valence-corrected chi connectivity index (χ3v) is 6.53. The van der Waals surface area contributed by atoms with Crippen molar-refractivity contribution in [3.05, 3.63) is 24.3 Å². The molecule has 0 aromatic heterocycles. The molecule has 5 heteroatoms. The molecule has 4 nitrogen and oxygen atoms in total. The standard InChI is InChI=1S/C14H21NO3S/c1-10-13(15-2)8-9-14(10)19(16,17)12-6-4-11(18-3)5-7-12/h4-7,10,13-15H,8-9H2,1-3H3. The van der Waals surface area contributed by atoms with Gasteiger partial charge in [-0.25, -0.2) is 8.42 Å². The minimum atomic E-state index is -3.25. The van der Waals surface area contributed by atoms with Gasteiger partial charge in [0.2, 0.25) is 0 Å². The van der Waals surface area contributed by atoms with Crippen molar-refractivity contribution in [2.75, 3.05) is 14.2 Å². The van der Waals surface area contributed by atoms with Crippen molar-refractivity contribution < 1.29 is 13.2 Å². The first-order chi connectivity index (χ1) is 9.00. The molecule has 1 saturated carbocycles. The van der Waals surface area contributed by atoms with E-state index in [-0.39, 0.29) is 17.2 Å². The van der Waals surface area contributed by atoms with Crippen LogP contribution in [-0.4, -0.2) is 33.9 Å². The van der Waals surface area contributed by atoms with Crippen LogP contribution >= 0.6 is 0 Å². The molecule has 1 aromatic rings. The van der Waals surface area contributed by atoms with E-state index in [2.05, 4.69) is 5.32 Å². The molecule has 0 bridgehead atoms. The van der Waals surface area contributed by atoms with E-state index >= 15 is 0 Å². The highest BCUT2D eigenvalue weighted by molar-refractivity contribution is 7.92. The molecule has 0 radical (unpaired) electrons. The van der Waals surface area contributed by atoms with Gasteiger partial charge in [0.1, 0.15) is 5.75 Å². The molecule has 106 valence electrons. The Hall–Kier alpha value is -1.07. The highest BCUT2D eigenvalue weighted by atomic mass is 32.2. The Labute approximate surface area is 115 Å². The number of methoxy groups -OCH3 is 1. The monoisotopic (exact) mass is 283 g/mol. The van der Waals surface area contributed by atoms with Crippen LogP contribution in [0.4, 0.5) is 0 Å². The van der Waals surface area contributed by atoms with Gasteiger partial charge in [-0.3, -0.25) is 0 Å². The number of benzene rings is 1. The summed E-state index contributed by atoms with van der Waals surface area (Å²) in [6, 6.07) is 6.95. The Bertz CT molecular complexity index is 524. The van der Waals surface area contributed by atoms with Gasteiger partial charge in [0.05, 0.1) is 17.3 Å². The van der Waals surface area contributed by atoms with Gasteiger partial charge in [-0.1, -0.05) is 6.92 Å². The lowest BCUT2D eigenvalue weighted by molar-refractivity contribution is 0.414. The van der Waals surface area contributed by atoms with Crippen molar-refractivity contribution in [3.8, 4) is 5.75 Å². The number of ether oxygens (including phenoxy) is 1. The van der Waals surface area contributed by atoms with E-state index in [0.717, 1.165) is 12.8 Å². The minimum absolute atomic E-state index is 0.136. The van der Waals surface area contributed by atoms with Crippen molar-refractivity contribution in [1.82, 2.24) is 5.32 Å². The SMILES string of the molecule is CNC1CCC(S(=O)(=O)c2ccc(OC)cc2)C1C. The van der Waals surface area contributed by atoms with Crippen LogP contribution in [0, 0.1) is 5.92 Å². The average molecular weight is 283 g/mol. The molecule has 0 amide bonds. The lowest BCUT2D eigenvalue weighted by Gasteiger charge is -2.20. The molecule has 2 rings (SSSR count). The van der Waals surface area contributed by atoms with E-state index in [4.69, 9.17) is 4.74 Å². The van der Waals surface area contributed by atoms with E-state index in [1.807, 2.05) is 14.0 Å². The zero-order chi connectivity index (χ0) is 14.0. The van der Waals surface area contributed by atoms with E-state index in [1.165, 1.54) is 0 Å². The van der Waals surface area contributed by atoms with Gasteiger partial charge >= 0.3 is 0 Å². The molecule has 3 atom stereocenters. The van der Waals surface area contributed by atoms with Crippen molar-refractivity contribution >= 4 is 9.84 Å². The third kappa shape index (κ3) is 2.62. The number of sulfone groups is 1. The summed E-state index contributed by atoms with van der Waals surface area (Å²) in [5, 5.41) is 2.91. The number of hydrogen-bond acceptors (Lipinski definition) is 4. The average Bonchev–Trinajstić information content (AvgIpc) is 2.80. The van der Waals surface area contributed by atoms with Gasteiger partial charge in [0.25, 0.3) is 0 Å². The predicted octanol–water partition coefficient (Wildman–Crippen LogP) is 1.86. The zero-order valence-electron chi connectivity index (χ0n) is 11.6. The highest BCUT2D eigenvalue weighted by Gasteiger charge is 2.40. The molecule has 1 fully saturated rings. The quantitative estimate of drug-likeness (QED) is 0.916. The fraction of sp³-hybridized carbons (Fsp3) is 0.571. The zero-order valence-corrected chi connectivity index (χ0v) is 12.4. The topological polar surface area (TPSA) is 55.4 Å². The van der Waals surface area contributed by atoms with Gasteiger partial charge in [-0.2, -0.15) is 0 Å². The van der Waals surface area contributed by atoms with E-state index in [1.54, 1.807) is 31.4 Å². The molecule has 0 aliphatic heterocycles. The molecule has 0 heterocycles. The maximum atomic E-state index is 12.6. The Kier molecular flexibility index (Phi) is 4.16. The van der Waals surface area contributed by atoms with Crippen LogP contribution in [0.1, 0.15) is 19.8 Å². The Balaban J connectivity index is 2.27. The van der Waals surface area contributed by atoms with Crippen LogP contribution in [0.25, 0.3) is 0 Å². The van der Waals surface area contributed by atoms with Crippen LogP contribution in [0.15, 0.2) is 29.2 Å². The lowest BCUT2D eigenvalue weighted by atomic mass is 10.1. The predicted molar refractivity (Wildman–Crippen MR) is 75.2 cm³/mol. The first kappa shape index (κ1) is 14.3. The summed E-state index contributed by atoms with van der Waals surface area (Å²) in [7, 11) is 0.210. The minimum Gasteiger partial charge on any atom is -0.497 e. The summed E-state index contributed by atoms with van der Waals surface area (Å²) in [6.45, 7) is 2.01. The second kappa shape index (κ2) is 5.51. The molecule has 3 unspecified atom stereocenters. The fourth-order valence-electron chi connectivity index (χ4n) is 2.91. The smallest absolute Gasteiger partial charge is 0.181 e. The molecular formula is C14H21NO3S. The Morgan fingerprint density at radius 1 is 1.21 bits per heavy atom. The Morgan fingerprint density at radius 3 is 2.32 bits per heavy atom. The van der Waals surface area contributed by atoms with Gasteiger partial charge < -0.3 is 10.1 Å². The van der Waals surface area contributed by atoms with Crippen molar-refractivity contribution in [1.29, 1.82) is 0 Å². The number of nitrogens with one attached hydrogen (secondary N) is 1. The Morgan fingerprint density at radius 2 is 1.84 bits per heavy atom. The molecule has 19 heavy (non-hydrogen) atoms. The van der Waals surface area contributed by atoms with E-state index in [9.17, 15) is 8.42 Å². The van der Waals surface area contributed by atoms with E-state index in [0.29, 0.717) is 10.6 Å². The van der Waals surface area contributed by atoms with E-state index < -0.39 is 9.84 Å². The maximum Gasteiger partial charge on any atom is 0.181 e. The maximum absolute atomic E-state index is 12.6.